The van der Waals surface area contributed by atoms with Crippen LogP contribution in [0.15, 0.2) is 12.4 Å². The molecule has 18 heavy (non-hydrogen) atoms. The summed E-state index contributed by atoms with van der Waals surface area (Å²) in [5.74, 6) is 1.35. The number of aromatic nitrogens is 4. The monoisotopic (exact) mass is 265 g/mol. The first-order valence-electron chi connectivity index (χ1n) is 5.97. The predicted octanol–water partition coefficient (Wildman–Crippen LogP) is 2.62. The lowest BCUT2D eigenvalue weighted by Gasteiger charge is -2.09. The first-order valence-corrected chi connectivity index (χ1v) is 6.34. The van der Waals surface area contributed by atoms with Gasteiger partial charge in [0.15, 0.2) is 0 Å². The molecule has 0 radical (unpaired) electrons. The second kappa shape index (κ2) is 3.35. The summed E-state index contributed by atoms with van der Waals surface area (Å²) in [5.41, 5.74) is 0.491. The highest BCUT2D eigenvalue weighted by molar-refractivity contribution is 6.29. The Hall–Kier alpha value is -1.36. The largest absolute Gasteiger partial charge is 0.366 e. The number of rotatable bonds is 2. The van der Waals surface area contributed by atoms with Gasteiger partial charge in [-0.25, -0.2) is 0 Å². The summed E-state index contributed by atoms with van der Waals surface area (Å²) in [6.45, 7) is 9.02. The zero-order chi connectivity index (χ0) is 13.1. The van der Waals surface area contributed by atoms with Gasteiger partial charge in [0.2, 0.25) is 0 Å². The maximum Gasteiger partial charge on any atom is 0.255 e. The average Bonchev–Trinajstić information content (AvgIpc) is 2.68. The van der Waals surface area contributed by atoms with Crippen LogP contribution in [-0.2, 0) is 0 Å². The number of nitrogens with zero attached hydrogens (tertiary/aromatic N) is 4. The fourth-order valence-corrected chi connectivity index (χ4v) is 2.77. The van der Waals surface area contributed by atoms with E-state index < -0.39 is 0 Å². The topological polar surface area (TPSA) is 55.1 Å². The molecule has 1 N–H and O–H groups in total. The number of halogens is 1. The average molecular weight is 266 g/mol. The number of anilines is 1. The van der Waals surface area contributed by atoms with E-state index in [2.05, 4.69) is 48.1 Å². The molecule has 0 amide bonds. The molecule has 1 aliphatic rings. The smallest absolute Gasteiger partial charge is 0.255 e. The quantitative estimate of drug-likeness (QED) is 0.848. The van der Waals surface area contributed by atoms with E-state index in [1.165, 1.54) is 6.33 Å². The van der Waals surface area contributed by atoms with E-state index in [1.807, 2.05) is 0 Å². The van der Waals surface area contributed by atoms with E-state index in [-0.39, 0.29) is 10.8 Å². The third-order valence-corrected chi connectivity index (χ3v) is 4.73. The van der Waals surface area contributed by atoms with Crippen molar-refractivity contribution in [3.8, 4) is 0 Å². The van der Waals surface area contributed by atoms with Crippen molar-refractivity contribution in [2.45, 2.75) is 33.7 Å². The summed E-state index contributed by atoms with van der Waals surface area (Å²) in [5, 5.41) is 8.09. The lowest BCUT2D eigenvalue weighted by atomic mass is 10.0. The van der Waals surface area contributed by atoms with E-state index in [4.69, 9.17) is 11.6 Å². The standard InChI is InChI=1S/C12H16ClN5/c1-11(2)9(12(11,3)4)17-8-5-7(13)16-10-14-6-15-18(8)10/h5-6,9,17H,1-4H3. The molecule has 1 fully saturated rings. The molecular weight excluding hydrogens is 250 g/mol. The van der Waals surface area contributed by atoms with Gasteiger partial charge in [-0.05, 0) is 10.8 Å². The van der Waals surface area contributed by atoms with E-state index in [9.17, 15) is 0 Å². The molecule has 5 nitrogen and oxygen atoms in total. The van der Waals surface area contributed by atoms with E-state index >= 15 is 0 Å². The normalized spacial score (nSPS) is 21.2. The first kappa shape index (κ1) is 11.7. The molecule has 1 saturated carbocycles. The molecule has 3 rings (SSSR count). The van der Waals surface area contributed by atoms with Gasteiger partial charge in [0.05, 0.1) is 0 Å². The molecule has 0 aliphatic heterocycles. The Labute approximate surface area is 111 Å². The van der Waals surface area contributed by atoms with E-state index in [0.29, 0.717) is 17.0 Å². The van der Waals surface area contributed by atoms with Crippen molar-refractivity contribution in [3.05, 3.63) is 17.5 Å². The number of fused-ring (bicyclic) bond motifs is 1. The van der Waals surface area contributed by atoms with E-state index in [0.717, 1.165) is 5.82 Å². The van der Waals surface area contributed by atoms with Gasteiger partial charge in [-0.1, -0.05) is 39.3 Å². The van der Waals surface area contributed by atoms with Crippen molar-refractivity contribution in [1.29, 1.82) is 0 Å². The molecule has 0 atom stereocenters. The van der Waals surface area contributed by atoms with Crippen LogP contribution in [0.25, 0.3) is 5.78 Å². The third-order valence-electron chi connectivity index (χ3n) is 4.53. The van der Waals surface area contributed by atoms with Gasteiger partial charge in [-0.3, -0.25) is 0 Å². The molecule has 0 saturated heterocycles. The highest BCUT2D eigenvalue weighted by Gasteiger charge is 2.65. The van der Waals surface area contributed by atoms with Gasteiger partial charge >= 0.3 is 0 Å². The molecule has 2 aromatic heterocycles. The molecule has 0 aromatic carbocycles. The minimum atomic E-state index is 0.246. The molecule has 0 spiro atoms. The van der Waals surface area contributed by atoms with Crippen LogP contribution < -0.4 is 5.32 Å². The van der Waals surface area contributed by atoms with Gasteiger partial charge in [0, 0.05) is 12.1 Å². The summed E-state index contributed by atoms with van der Waals surface area (Å²) in [4.78, 5) is 8.17. The maximum absolute atomic E-state index is 5.99. The molecule has 2 aromatic rings. The van der Waals surface area contributed by atoms with Gasteiger partial charge in [0.25, 0.3) is 5.78 Å². The molecule has 0 bridgehead atoms. The van der Waals surface area contributed by atoms with Crippen molar-refractivity contribution in [1.82, 2.24) is 19.6 Å². The van der Waals surface area contributed by atoms with Crippen LogP contribution in [0.4, 0.5) is 5.82 Å². The van der Waals surface area contributed by atoms with Crippen LogP contribution in [0.5, 0.6) is 0 Å². The summed E-state index contributed by atoms with van der Waals surface area (Å²) >= 11 is 5.99. The van der Waals surface area contributed by atoms with Crippen LogP contribution in [0.1, 0.15) is 27.7 Å². The van der Waals surface area contributed by atoms with Gasteiger partial charge in [0.1, 0.15) is 17.3 Å². The Bertz CT molecular complexity index is 602. The number of hydrogen-bond donors (Lipinski definition) is 1. The lowest BCUT2D eigenvalue weighted by Crippen LogP contribution is -2.13. The Balaban J connectivity index is 1.99. The Morgan fingerprint density at radius 2 is 1.94 bits per heavy atom. The second-order valence-corrected chi connectivity index (χ2v) is 6.34. The summed E-state index contributed by atoms with van der Waals surface area (Å²) < 4.78 is 1.68. The van der Waals surface area contributed by atoms with Crippen molar-refractivity contribution in [2.75, 3.05) is 5.32 Å². The van der Waals surface area contributed by atoms with Crippen LogP contribution in [0.3, 0.4) is 0 Å². The van der Waals surface area contributed by atoms with Gasteiger partial charge < -0.3 is 5.32 Å². The van der Waals surface area contributed by atoms with E-state index in [1.54, 1.807) is 10.6 Å². The number of nitrogens with one attached hydrogen (secondary N) is 1. The molecule has 1 aliphatic carbocycles. The van der Waals surface area contributed by atoms with Crippen molar-refractivity contribution in [3.63, 3.8) is 0 Å². The minimum absolute atomic E-state index is 0.246. The first-order chi connectivity index (χ1) is 8.34. The number of hydrogen-bond acceptors (Lipinski definition) is 4. The minimum Gasteiger partial charge on any atom is -0.366 e. The Morgan fingerprint density at radius 3 is 2.56 bits per heavy atom. The molecule has 96 valence electrons. The highest BCUT2D eigenvalue weighted by Crippen LogP contribution is 2.63. The second-order valence-electron chi connectivity index (χ2n) is 5.96. The highest BCUT2D eigenvalue weighted by atomic mass is 35.5. The molecule has 0 unspecified atom stereocenters. The molecule has 2 heterocycles. The Morgan fingerprint density at radius 1 is 1.28 bits per heavy atom. The van der Waals surface area contributed by atoms with Crippen LogP contribution >= 0.6 is 11.6 Å². The molecular formula is C12H16ClN5. The lowest BCUT2D eigenvalue weighted by molar-refractivity contribution is 0.457. The van der Waals surface area contributed by atoms with Crippen LogP contribution in [0, 0.1) is 10.8 Å². The predicted molar refractivity (Wildman–Crippen MR) is 70.8 cm³/mol. The fraction of sp³-hybridized carbons (Fsp3) is 0.583. The maximum atomic E-state index is 5.99. The van der Waals surface area contributed by atoms with Crippen molar-refractivity contribution < 1.29 is 0 Å². The van der Waals surface area contributed by atoms with Crippen molar-refractivity contribution >= 4 is 23.2 Å². The van der Waals surface area contributed by atoms with Crippen LogP contribution in [-0.4, -0.2) is 25.6 Å². The zero-order valence-corrected chi connectivity index (χ0v) is 11.7. The van der Waals surface area contributed by atoms with Crippen molar-refractivity contribution in [2.24, 2.45) is 10.8 Å². The fourth-order valence-electron chi connectivity index (χ4n) is 2.59. The van der Waals surface area contributed by atoms with Gasteiger partial charge in [-0.2, -0.15) is 19.6 Å². The van der Waals surface area contributed by atoms with Gasteiger partial charge in [-0.15, -0.1) is 0 Å². The zero-order valence-electron chi connectivity index (χ0n) is 10.9. The summed E-state index contributed by atoms with van der Waals surface area (Å²) in [6, 6.07) is 2.17. The SMILES string of the molecule is CC1(C)C(Nc2cc(Cl)nc3ncnn23)C1(C)C. The Kier molecular flexibility index (Phi) is 2.18. The van der Waals surface area contributed by atoms with Crippen LogP contribution in [0.2, 0.25) is 5.15 Å². The molecule has 6 heteroatoms. The third kappa shape index (κ3) is 1.43. The summed E-state index contributed by atoms with van der Waals surface area (Å²) in [6.07, 6.45) is 1.48. The summed E-state index contributed by atoms with van der Waals surface area (Å²) in [7, 11) is 0.